The highest BCUT2D eigenvalue weighted by atomic mass is 16.5. The highest BCUT2D eigenvalue weighted by Crippen LogP contribution is 2.25. The number of fused-ring (bicyclic) bond motifs is 1. The molecule has 0 saturated carbocycles. The molecule has 0 radical (unpaired) electrons. The Kier molecular flexibility index (Phi) is 7.07. The third-order valence-electron chi connectivity index (χ3n) is 5.22. The van der Waals surface area contributed by atoms with E-state index in [1.807, 2.05) is 54.6 Å². The molecular formula is C26H25N3O5. The van der Waals surface area contributed by atoms with Gasteiger partial charge in [-0.05, 0) is 48.4 Å². The summed E-state index contributed by atoms with van der Waals surface area (Å²) in [5.41, 5.74) is 3.68. The number of amides is 1. The minimum absolute atomic E-state index is 0.0530. The van der Waals surface area contributed by atoms with Gasteiger partial charge in [-0.25, -0.2) is 0 Å². The molecule has 4 aromatic rings. The van der Waals surface area contributed by atoms with Crippen LogP contribution in [0.25, 0.3) is 11.1 Å². The summed E-state index contributed by atoms with van der Waals surface area (Å²) in [6, 6.07) is 22.7. The van der Waals surface area contributed by atoms with Gasteiger partial charge in [-0.1, -0.05) is 30.3 Å². The van der Waals surface area contributed by atoms with Crippen molar-refractivity contribution in [2.75, 3.05) is 23.9 Å². The van der Waals surface area contributed by atoms with Gasteiger partial charge in [0.05, 0.1) is 13.0 Å². The van der Waals surface area contributed by atoms with Crippen LogP contribution in [0.5, 0.6) is 5.75 Å². The predicted molar refractivity (Wildman–Crippen MR) is 130 cm³/mol. The molecule has 1 amide bonds. The van der Waals surface area contributed by atoms with Gasteiger partial charge in [-0.3, -0.25) is 9.59 Å². The van der Waals surface area contributed by atoms with Crippen molar-refractivity contribution < 1.29 is 23.8 Å². The fourth-order valence-corrected chi connectivity index (χ4v) is 3.41. The van der Waals surface area contributed by atoms with Crippen molar-refractivity contribution in [1.29, 1.82) is 0 Å². The summed E-state index contributed by atoms with van der Waals surface area (Å²) in [6.07, 6.45) is 0.663. The highest BCUT2D eigenvalue weighted by molar-refractivity contribution is 5.94. The van der Waals surface area contributed by atoms with Crippen molar-refractivity contribution in [2.45, 2.75) is 19.3 Å². The number of nitrogens with one attached hydrogen (secondary N) is 1. The van der Waals surface area contributed by atoms with Crippen molar-refractivity contribution in [2.24, 2.45) is 0 Å². The second-order valence-corrected chi connectivity index (χ2v) is 7.78. The van der Waals surface area contributed by atoms with Gasteiger partial charge in [0.15, 0.2) is 5.58 Å². The SMILES string of the molecule is CN(C(=O)Cc1ccc2nc(Nc3ccccc3)oc2c1)c1cccc(OCCCC(=O)O)c1. The van der Waals surface area contributed by atoms with E-state index < -0.39 is 5.97 Å². The molecule has 2 N–H and O–H groups in total. The summed E-state index contributed by atoms with van der Waals surface area (Å²) in [5.74, 6) is -0.358. The van der Waals surface area contributed by atoms with Crippen molar-refractivity contribution in [3.8, 4) is 5.75 Å². The van der Waals surface area contributed by atoms with Gasteiger partial charge in [0.2, 0.25) is 5.91 Å². The Hall–Kier alpha value is -4.33. The second-order valence-electron chi connectivity index (χ2n) is 7.78. The molecule has 0 aliphatic carbocycles. The number of nitrogens with zero attached hydrogens (tertiary/aromatic N) is 2. The number of aliphatic carboxylic acids is 1. The second kappa shape index (κ2) is 10.5. The van der Waals surface area contributed by atoms with E-state index in [1.54, 1.807) is 30.1 Å². The van der Waals surface area contributed by atoms with Crippen LogP contribution in [0.15, 0.2) is 77.2 Å². The Labute approximate surface area is 196 Å². The number of carboxylic acid groups (broad SMARTS) is 1. The predicted octanol–water partition coefficient (Wildman–Crippen LogP) is 5.02. The molecule has 8 nitrogen and oxygen atoms in total. The summed E-state index contributed by atoms with van der Waals surface area (Å²) in [6.45, 7) is 0.297. The van der Waals surface area contributed by atoms with Gasteiger partial charge in [-0.2, -0.15) is 4.98 Å². The lowest BCUT2D eigenvalue weighted by molar-refractivity contribution is -0.137. The molecule has 8 heteroatoms. The van der Waals surface area contributed by atoms with E-state index in [4.69, 9.17) is 14.3 Å². The number of carboxylic acids is 1. The van der Waals surface area contributed by atoms with Crippen LogP contribution in [0, 0.1) is 0 Å². The van der Waals surface area contributed by atoms with Gasteiger partial charge in [0.25, 0.3) is 6.01 Å². The minimum atomic E-state index is -0.852. The van der Waals surface area contributed by atoms with E-state index in [-0.39, 0.29) is 18.7 Å². The van der Waals surface area contributed by atoms with Crippen LogP contribution in [0.2, 0.25) is 0 Å². The van der Waals surface area contributed by atoms with E-state index in [2.05, 4.69) is 10.3 Å². The van der Waals surface area contributed by atoms with E-state index in [0.717, 1.165) is 11.3 Å². The molecule has 0 fully saturated rings. The molecule has 174 valence electrons. The first-order valence-electron chi connectivity index (χ1n) is 10.9. The van der Waals surface area contributed by atoms with Gasteiger partial charge in [0.1, 0.15) is 11.3 Å². The quantitative estimate of drug-likeness (QED) is 0.321. The average molecular weight is 460 g/mol. The van der Waals surface area contributed by atoms with Gasteiger partial charge < -0.3 is 24.5 Å². The van der Waals surface area contributed by atoms with Crippen molar-refractivity contribution in [3.63, 3.8) is 0 Å². The summed E-state index contributed by atoms with van der Waals surface area (Å²) in [4.78, 5) is 29.5. The minimum Gasteiger partial charge on any atom is -0.494 e. The maximum Gasteiger partial charge on any atom is 0.303 e. The van der Waals surface area contributed by atoms with Gasteiger partial charge in [-0.15, -0.1) is 0 Å². The summed E-state index contributed by atoms with van der Waals surface area (Å²) >= 11 is 0. The number of carbonyl (C=O) groups is 2. The lowest BCUT2D eigenvalue weighted by atomic mass is 10.1. The smallest absolute Gasteiger partial charge is 0.303 e. The highest BCUT2D eigenvalue weighted by Gasteiger charge is 2.14. The molecule has 1 heterocycles. The molecule has 1 aromatic heterocycles. The van der Waals surface area contributed by atoms with E-state index >= 15 is 0 Å². The summed E-state index contributed by atoms with van der Waals surface area (Å²) in [7, 11) is 1.71. The summed E-state index contributed by atoms with van der Waals surface area (Å²) in [5, 5.41) is 11.8. The van der Waals surface area contributed by atoms with Crippen LogP contribution in [0.3, 0.4) is 0 Å². The number of oxazole rings is 1. The Morgan fingerprint density at radius 2 is 1.88 bits per heavy atom. The molecule has 34 heavy (non-hydrogen) atoms. The number of likely N-dealkylation sites (N-methyl/N-ethyl adjacent to an activating group) is 1. The van der Waals surface area contributed by atoms with Crippen molar-refractivity contribution >= 4 is 40.4 Å². The molecule has 0 unspecified atom stereocenters. The Bertz CT molecular complexity index is 1290. The lowest BCUT2D eigenvalue weighted by Crippen LogP contribution is -2.27. The average Bonchev–Trinajstić information content (AvgIpc) is 3.23. The zero-order valence-corrected chi connectivity index (χ0v) is 18.7. The molecule has 0 spiro atoms. The van der Waals surface area contributed by atoms with Crippen LogP contribution >= 0.6 is 0 Å². The van der Waals surface area contributed by atoms with Crippen molar-refractivity contribution in [1.82, 2.24) is 4.98 Å². The summed E-state index contributed by atoms with van der Waals surface area (Å²) < 4.78 is 11.4. The number of ether oxygens (including phenoxy) is 1. The number of hydrogen-bond acceptors (Lipinski definition) is 6. The zero-order chi connectivity index (χ0) is 23.9. The van der Waals surface area contributed by atoms with E-state index in [9.17, 15) is 9.59 Å². The third-order valence-corrected chi connectivity index (χ3v) is 5.22. The van der Waals surface area contributed by atoms with Crippen molar-refractivity contribution in [3.05, 3.63) is 78.4 Å². The van der Waals surface area contributed by atoms with Crippen LogP contribution in [-0.2, 0) is 16.0 Å². The number of carbonyl (C=O) groups excluding carboxylic acids is 1. The number of aromatic nitrogens is 1. The van der Waals surface area contributed by atoms with Gasteiger partial charge >= 0.3 is 5.97 Å². The maximum atomic E-state index is 12.9. The maximum absolute atomic E-state index is 12.9. The van der Waals surface area contributed by atoms with Gasteiger partial charge in [0, 0.05) is 30.9 Å². The topological polar surface area (TPSA) is 105 Å². The molecule has 0 saturated heterocycles. The number of para-hydroxylation sites is 1. The zero-order valence-electron chi connectivity index (χ0n) is 18.7. The number of benzene rings is 3. The monoisotopic (exact) mass is 459 g/mol. The molecule has 0 aliphatic rings. The number of rotatable bonds is 10. The standard InChI is InChI=1S/C26H25N3O5/c1-29(20-9-5-10-21(17-20)33-14-6-11-25(31)32)24(30)16-18-12-13-22-23(15-18)34-26(28-22)27-19-7-3-2-4-8-19/h2-5,7-10,12-13,15,17H,6,11,14,16H2,1H3,(H,27,28)(H,31,32). The molecule has 0 atom stereocenters. The normalized spacial score (nSPS) is 10.7. The van der Waals surface area contributed by atoms with Crippen LogP contribution < -0.4 is 15.0 Å². The third kappa shape index (κ3) is 5.92. The van der Waals surface area contributed by atoms with Crippen LogP contribution in [-0.4, -0.2) is 35.6 Å². The molecular weight excluding hydrogens is 434 g/mol. The first kappa shape index (κ1) is 22.8. The molecule has 3 aromatic carbocycles. The Morgan fingerprint density at radius 3 is 2.68 bits per heavy atom. The Balaban J connectivity index is 1.39. The first-order valence-corrected chi connectivity index (χ1v) is 10.9. The number of anilines is 3. The van der Waals surface area contributed by atoms with Crippen LogP contribution in [0.4, 0.5) is 17.4 Å². The van der Waals surface area contributed by atoms with E-state index in [0.29, 0.717) is 41.6 Å². The van der Waals surface area contributed by atoms with Crippen LogP contribution in [0.1, 0.15) is 18.4 Å². The molecule has 4 rings (SSSR count). The molecule has 0 aliphatic heterocycles. The fraction of sp³-hybridized carbons (Fsp3) is 0.192. The Morgan fingerprint density at radius 1 is 1.06 bits per heavy atom. The van der Waals surface area contributed by atoms with E-state index in [1.165, 1.54) is 0 Å². The molecule has 0 bridgehead atoms. The largest absolute Gasteiger partial charge is 0.494 e. The lowest BCUT2D eigenvalue weighted by Gasteiger charge is -2.18. The first-order chi connectivity index (χ1) is 16.5. The fourth-order valence-electron chi connectivity index (χ4n) is 3.41. The number of hydrogen-bond donors (Lipinski definition) is 2.